The van der Waals surface area contributed by atoms with Gasteiger partial charge < -0.3 is 4.98 Å². The first kappa shape index (κ1) is 16.3. The summed E-state index contributed by atoms with van der Waals surface area (Å²) in [5.74, 6) is 0.493. The summed E-state index contributed by atoms with van der Waals surface area (Å²) in [5, 5.41) is 1.02. The molecule has 5 rings (SSSR count). The summed E-state index contributed by atoms with van der Waals surface area (Å²) in [4.78, 5) is 25.7. The number of hydrogen-bond acceptors (Lipinski definition) is 3. The third-order valence-corrected chi connectivity index (χ3v) is 5.95. The van der Waals surface area contributed by atoms with Crippen molar-refractivity contribution < 1.29 is 0 Å². The molecule has 1 aliphatic rings. The average Bonchev–Trinajstić information content (AvgIpc) is 3.27. The van der Waals surface area contributed by atoms with E-state index >= 15 is 0 Å². The lowest BCUT2D eigenvalue weighted by Crippen LogP contribution is -2.32. The molecule has 0 aromatic carbocycles. The van der Waals surface area contributed by atoms with Gasteiger partial charge in [0.25, 0.3) is 0 Å². The molecule has 0 amide bonds. The number of aromatic nitrogens is 5. The summed E-state index contributed by atoms with van der Waals surface area (Å²) >= 11 is 0. The maximum Gasteiger partial charge on any atom is 0.329 e. The van der Waals surface area contributed by atoms with E-state index in [1.165, 1.54) is 19.3 Å². The second-order valence-corrected chi connectivity index (χ2v) is 7.62. The molecular weight excluding hydrogens is 338 g/mol. The number of pyridine rings is 2. The Morgan fingerprint density at radius 3 is 2.89 bits per heavy atom. The van der Waals surface area contributed by atoms with Crippen LogP contribution in [-0.4, -0.2) is 24.1 Å². The Kier molecular flexibility index (Phi) is 3.85. The Balaban J connectivity index is 1.78. The van der Waals surface area contributed by atoms with E-state index < -0.39 is 0 Å². The highest BCUT2D eigenvalue weighted by Gasteiger charge is 2.28. The van der Waals surface area contributed by atoms with Gasteiger partial charge in [-0.25, -0.2) is 9.78 Å². The van der Waals surface area contributed by atoms with Gasteiger partial charge in [-0.15, -0.1) is 0 Å². The maximum absolute atomic E-state index is 13.6. The van der Waals surface area contributed by atoms with Crippen LogP contribution in [0, 0.1) is 5.92 Å². The van der Waals surface area contributed by atoms with Crippen molar-refractivity contribution in [2.24, 2.45) is 5.92 Å². The molecule has 0 radical (unpaired) electrons. The van der Waals surface area contributed by atoms with Gasteiger partial charge in [-0.05, 0) is 37.0 Å². The zero-order valence-corrected chi connectivity index (χ0v) is 15.4. The highest BCUT2D eigenvalue weighted by atomic mass is 16.1. The number of rotatable bonds is 3. The van der Waals surface area contributed by atoms with Crippen LogP contribution in [-0.2, 0) is 6.54 Å². The molecule has 138 valence electrons. The first-order chi connectivity index (χ1) is 13.2. The summed E-state index contributed by atoms with van der Waals surface area (Å²) in [6.07, 6.45) is 10.1. The Hall–Kier alpha value is -2.89. The minimum atomic E-state index is 0.0462. The van der Waals surface area contributed by atoms with Crippen molar-refractivity contribution in [3.8, 4) is 0 Å². The van der Waals surface area contributed by atoms with Gasteiger partial charge >= 0.3 is 5.69 Å². The van der Waals surface area contributed by atoms with Crippen molar-refractivity contribution in [1.82, 2.24) is 24.1 Å². The Labute approximate surface area is 156 Å². The third kappa shape index (κ3) is 2.59. The van der Waals surface area contributed by atoms with Crippen LogP contribution in [0.4, 0.5) is 0 Å². The molecule has 1 saturated carbocycles. The molecule has 0 bridgehead atoms. The predicted octanol–water partition coefficient (Wildman–Crippen LogP) is 3.87. The molecule has 1 aliphatic carbocycles. The molecular formula is C21H23N5O. The molecule has 1 fully saturated rings. The minimum absolute atomic E-state index is 0.0462. The fraction of sp³-hybridized carbons (Fsp3) is 0.381. The molecule has 2 atom stereocenters. The first-order valence-electron chi connectivity index (χ1n) is 9.71. The van der Waals surface area contributed by atoms with E-state index in [0.717, 1.165) is 34.2 Å². The van der Waals surface area contributed by atoms with Gasteiger partial charge in [0.15, 0.2) is 0 Å². The number of fused-ring (bicyclic) bond motifs is 3. The number of nitrogens with zero attached hydrogens (tertiary/aromatic N) is 4. The van der Waals surface area contributed by atoms with Gasteiger partial charge in [-0.1, -0.05) is 25.8 Å². The third-order valence-electron chi connectivity index (χ3n) is 5.95. The topological polar surface area (TPSA) is 68.5 Å². The molecule has 6 nitrogen and oxygen atoms in total. The molecule has 4 heterocycles. The molecule has 1 N–H and O–H groups in total. The quantitative estimate of drug-likeness (QED) is 0.602. The number of aromatic amines is 1. The van der Waals surface area contributed by atoms with Crippen molar-refractivity contribution >= 4 is 22.1 Å². The van der Waals surface area contributed by atoms with E-state index in [4.69, 9.17) is 0 Å². The van der Waals surface area contributed by atoms with Crippen molar-refractivity contribution in [2.45, 2.75) is 45.2 Å². The summed E-state index contributed by atoms with van der Waals surface area (Å²) in [5.41, 5.74) is 3.64. The van der Waals surface area contributed by atoms with Crippen LogP contribution in [0.5, 0.6) is 0 Å². The maximum atomic E-state index is 13.6. The van der Waals surface area contributed by atoms with Gasteiger partial charge in [0.2, 0.25) is 0 Å². The Bertz CT molecular complexity index is 1150. The number of hydrogen-bond donors (Lipinski definition) is 1. The predicted molar refractivity (Wildman–Crippen MR) is 106 cm³/mol. The van der Waals surface area contributed by atoms with Crippen LogP contribution in [0.3, 0.4) is 0 Å². The van der Waals surface area contributed by atoms with Crippen molar-refractivity contribution in [3.63, 3.8) is 0 Å². The number of nitrogens with one attached hydrogen (secondary N) is 1. The van der Waals surface area contributed by atoms with E-state index in [1.807, 2.05) is 45.8 Å². The highest BCUT2D eigenvalue weighted by Crippen LogP contribution is 2.36. The number of imidazole rings is 1. The molecule has 4 aromatic heterocycles. The first-order valence-corrected chi connectivity index (χ1v) is 9.71. The van der Waals surface area contributed by atoms with E-state index in [9.17, 15) is 4.79 Å². The SMILES string of the molecule is C[C@@H]1CCCC[C@@H]1n1c(=O)n(Cc2ccccn2)c2cnc3[nH]ccc3c21. The molecule has 0 spiro atoms. The summed E-state index contributed by atoms with van der Waals surface area (Å²) in [6, 6.07) is 8.07. The lowest BCUT2D eigenvalue weighted by Gasteiger charge is -2.29. The van der Waals surface area contributed by atoms with Gasteiger partial charge in [0.1, 0.15) is 5.65 Å². The fourth-order valence-electron chi connectivity index (χ4n) is 4.56. The van der Waals surface area contributed by atoms with E-state index in [0.29, 0.717) is 12.5 Å². The smallest absolute Gasteiger partial charge is 0.329 e. The lowest BCUT2D eigenvalue weighted by atomic mass is 9.85. The van der Waals surface area contributed by atoms with Crippen LogP contribution in [0.2, 0.25) is 0 Å². The summed E-state index contributed by atoms with van der Waals surface area (Å²) in [6.45, 7) is 2.73. The normalized spacial score (nSPS) is 20.5. The highest BCUT2D eigenvalue weighted by molar-refractivity contribution is 6.01. The molecule has 0 aliphatic heterocycles. The average molecular weight is 361 g/mol. The fourth-order valence-corrected chi connectivity index (χ4v) is 4.56. The second-order valence-electron chi connectivity index (χ2n) is 7.62. The van der Waals surface area contributed by atoms with Gasteiger partial charge in [0.05, 0.1) is 29.5 Å². The van der Waals surface area contributed by atoms with Crippen LogP contribution in [0.15, 0.2) is 47.7 Å². The van der Waals surface area contributed by atoms with E-state index in [1.54, 1.807) is 6.20 Å². The lowest BCUT2D eigenvalue weighted by molar-refractivity contribution is 0.256. The summed E-state index contributed by atoms with van der Waals surface area (Å²) < 4.78 is 3.87. The zero-order chi connectivity index (χ0) is 18.4. The molecule has 0 saturated heterocycles. The van der Waals surface area contributed by atoms with Gasteiger partial charge in [-0.3, -0.25) is 14.1 Å². The van der Waals surface area contributed by atoms with Crippen LogP contribution < -0.4 is 5.69 Å². The van der Waals surface area contributed by atoms with Crippen LogP contribution in [0.1, 0.15) is 44.3 Å². The van der Waals surface area contributed by atoms with Crippen molar-refractivity contribution in [1.29, 1.82) is 0 Å². The molecule has 27 heavy (non-hydrogen) atoms. The largest absolute Gasteiger partial charge is 0.346 e. The second kappa shape index (κ2) is 6.37. The molecule has 6 heteroatoms. The molecule has 0 unspecified atom stereocenters. The van der Waals surface area contributed by atoms with Gasteiger partial charge in [-0.2, -0.15) is 0 Å². The van der Waals surface area contributed by atoms with Crippen molar-refractivity contribution in [3.05, 3.63) is 59.0 Å². The van der Waals surface area contributed by atoms with E-state index in [2.05, 4.69) is 21.9 Å². The van der Waals surface area contributed by atoms with Crippen LogP contribution >= 0.6 is 0 Å². The summed E-state index contributed by atoms with van der Waals surface area (Å²) in [7, 11) is 0. The Morgan fingerprint density at radius 1 is 1.19 bits per heavy atom. The monoisotopic (exact) mass is 361 g/mol. The van der Waals surface area contributed by atoms with E-state index in [-0.39, 0.29) is 11.7 Å². The standard InChI is InChI=1S/C21H23N5O/c1-14-6-2-3-8-17(14)26-19-16-9-11-23-20(16)24-12-18(19)25(21(26)27)13-15-7-4-5-10-22-15/h4-5,7,9-12,14,17H,2-3,6,8,13H2,1H3,(H,23,24)/t14-,17+/m1/s1. The van der Waals surface area contributed by atoms with Crippen LogP contribution in [0.25, 0.3) is 22.1 Å². The zero-order valence-electron chi connectivity index (χ0n) is 15.4. The minimum Gasteiger partial charge on any atom is -0.346 e. The Morgan fingerprint density at radius 2 is 2.07 bits per heavy atom. The van der Waals surface area contributed by atoms with Gasteiger partial charge in [0, 0.05) is 23.8 Å². The van der Waals surface area contributed by atoms with Crippen molar-refractivity contribution in [2.75, 3.05) is 0 Å². The number of H-pyrrole nitrogens is 1. The molecule has 4 aromatic rings.